The van der Waals surface area contributed by atoms with Crippen molar-refractivity contribution in [2.24, 2.45) is 11.8 Å². The summed E-state index contributed by atoms with van der Waals surface area (Å²) in [6.45, 7) is 2.52. The van der Waals surface area contributed by atoms with E-state index in [1.54, 1.807) is 30.6 Å². The van der Waals surface area contributed by atoms with Crippen LogP contribution < -0.4 is 19.7 Å². The Morgan fingerprint density at radius 3 is 2.67 bits per heavy atom. The molecule has 2 aliphatic rings. The molecule has 0 saturated heterocycles. The summed E-state index contributed by atoms with van der Waals surface area (Å²) in [5, 5.41) is 2.89. The van der Waals surface area contributed by atoms with E-state index in [-0.39, 0.29) is 28.5 Å². The number of carbonyl (C=O) groups excluding carboxylic acids is 2. The first kappa shape index (κ1) is 23.2. The van der Waals surface area contributed by atoms with E-state index in [4.69, 9.17) is 4.74 Å². The quantitative estimate of drug-likeness (QED) is 0.667. The minimum absolute atomic E-state index is 0.0201. The van der Waals surface area contributed by atoms with E-state index < -0.39 is 10.0 Å². The Hall–Kier alpha value is -2.98. The summed E-state index contributed by atoms with van der Waals surface area (Å²) < 4.78 is 34.0. The molecule has 176 valence electrons. The van der Waals surface area contributed by atoms with Crippen molar-refractivity contribution in [1.82, 2.24) is 9.71 Å². The molecular formula is C23H28N4O5S. The highest BCUT2D eigenvalue weighted by atomic mass is 32.2. The second-order valence-corrected chi connectivity index (χ2v) is 10.2. The highest BCUT2D eigenvalue weighted by Gasteiger charge is 2.28. The Labute approximate surface area is 193 Å². The second-order valence-electron chi connectivity index (χ2n) is 8.45. The number of aromatic nitrogens is 1. The minimum Gasteiger partial charge on any atom is -0.490 e. The van der Waals surface area contributed by atoms with E-state index in [0.717, 1.165) is 12.8 Å². The second kappa shape index (κ2) is 9.88. The molecule has 2 N–H and O–H groups in total. The van der Waals surface area contributed by atoms with Crippen LogP contribution in [0.3, 0.4) is 0 Å². The van der Waals surface area contributed by atoms with Gasteiger partial charge < -0.3 is 15.0 Å². The maximum Gasteiger partial charge on any atom is 0.240 e. The number of sulfonamides is 1. The lowest BCUT2D eigenvalue weighted by Crippen LogP contribution is -2.37. The molecule has 2 aromatic rings. The molecule has 0 atom stereocenters. The van der Waals surface area contributed by atoms with Crippen LogP contribution in [0.1, 0.15) is 32.6 Å². The largest absolute Gasteiger partial charge is 0.490 e. The first-order valence-corrected chi connectivity index (χ1v) is 12.6. The number of nitrogens with zero attached hydrogens (tertiary/aromatic N) is 2. The molecule has 1 saturated carbocycles. The molecule has 1 aliphatic carbocycles. The van der Waals surface area contributed by atoms with Crippen LogP contribution in [0.5, 0.6) is 5.75 Å². The monoisotopic (exact) mass is 472 g/mol. The highest BCUT2D eigenvalue weighted by Crippen LogP contribution is 2.34. The third-order valence-corrected chi connectivity index (χ3v) is 7.61. The summed E-state index contributed by atoms with van der Waals surface area (Å²) in [6.07, 6.45) is 6.22. The van der Waals surface area contributed by atoms with E-state index in [1.807, 2.05) is 0 Å². The maximum atomic E-state index is 12.9. The van der Waals surface area contributed by atoms with Gasteiger partial charge in [0.25, 0.3) is 0 Å². The molecule has 1 fully saturated rings. The van der Waals surface area contributed by atoms with Crippen molar-refractivity contribution in [2.75, 3.05) is 29.9 Å². The van der Waals surface area contributed by atoms with Crippen LogP contribution in [-0.2, 0) is 19.6 Å². The number of amides is 2. The highest BCUT2D eigenvalue weighted by molar-refractivity contribution is 7.89. The number of rotatable bonds is 6. The van der Waals surface area contributed by atoms with Gasteiger partial charge in [-0.05, 0) is 61.9 Å². The van der Waals surface area contributed by atoms with Crippen molar-refractivity contribution in [2.45, 2.75) is 37.5 Å². The normalized spacial score (nSPS) is 20.5. The molecule has 9 nitrogen and oxygen atoms in total. The fraction of sp³-hybridized carbons (Fsp3) is 0.435. The van der Waals surface area contributed by atoms with Crippen LogP contribution in [-0.4, -0.2) is 44.9 Å². The minimum atomic E-state index is -3.74. The smallest absolute Gasteiger partial charge is 0.240 e. The topological polar surface area (TPSA) is 118 Å². The number of nitrogens with one attached hydrogen (secondary N) is 2. The lowest BCUT2D eigenvalue weighted by atomic mass is 9.81. The fourth-order valence-corrected chi connectivity index (χ4v) is 5.45. The number of hydrogen-bond acceptors (Lipinski definition) is 6. The van der Waals surface area contributed by atoms with E-state index in [9.17, 15) is 18.0 Å². The lowest BCUT2D eigenvalue weighted by Gasteiger charge is -2.29. The van der Waals surface area contributed by atoms with E-state index in [2.05, 4.69) is 15.0 Å². The number of carbonyl (C=O) groups is 2. The van der Waals surface area contributed by atoms with E-state index in [1.165, 1.54) is 24.0 Å². The molecule has 0 bridgehead atoms. The molecule has 10 heteroatoms. The molecule has 2 amide bonds. The Morgan fingerprint density at radius 1 is 1.18 bits per heavy atom. The van der Waals surface area contributed by atoms with E-state index >= 15 is 0 Å². The van der Waals surface area contributed by atoms with Gasteiger partial charge in [0.1, 0.15) is 12.4 Å². The van der Waals surface area contributed by atoms with Crippen LogP contribution >= 0.6 is 0 Å². The third kappa shape index (κ3) is 5.51. The number of benzene rings is 1. The zero-order valence-corrected chi connectivity index (χ0v) is 19.3. The molecule has 4 rings (SSSR count). The molecular weight excluding hydrogens is 444 g/mol. The molecule has 0 radical (unpaired) electrons. The molecule has 1 aliphatic heterocycles. The lowest BCUT2D eigenvalue weighted by molar-refractivity contribution is -0.121. The van der Waals surface area contributed by atoms with Crippen molar-refractivity contribution in [1.29, 1.82) is 0 Å². The zero-order chi connectivity index (χ0) is 23.4. The van der Waals surface area contributed by atoms with Crippen molar-refractivity contribution < 1.29 is 22.7 Å². The number of fused-ring (bicyclic) bond motifs is 1. The Kier molecular flexibility index (Phi) is 6.94. The van der Waals surface area contributed by atoms with Gasteiger partial charge in [-0.2, -0.15) is 0 Å². The van der Waals surface area contributed by atoms with Gasteiger partial charge in [0.2, 0.25) is 21.8 Å². The van der Waals surface area contributed by atoms with Gasteiger partial charge in [-0.1, -0.05) is 0 Å². The van der Waals surface area contributed by atoms with Crippen molar-refractivity contribution in [3.8, 4) is 5.75 Å². The Bertz CT molecular complexity index is 1110. The van der Waals surface area contributed by atoms with Gasteiger partial charge >= 0.3 is 0 Å². The van der Waals surface area contributed by atoms with Gasteiger partial charge in [0, 0.05) is 25.6 Å². The predicted octanol–water partition coefficient (Wildman–Crippen LogP) is 2.55. The predicted molar refractivity (Wildman–Crippen MR) is 123 cm³/mol. The Balaban J connectivity index is 1.32. The summed E-state index contributed by atoms with van der Waals surface area (Å²) >= 11 is 0. The molecule has 0 spiro atoms. The van der Waals surface area contributed by atoms with E-state index in [0.29, 0.717) is 49.7 Å². The first-order valence-electron chi connectivity index (χ1n) is 11.1. The molecule has 0 unspecified atom stereocenters. The van der Waals surface area contributed by atoms with Gasteiger partial charge in [0.15, 0.2) is 0 Å². The summed E-state index contributed by atoms with van der Waals surface area (Å²) in [7, 11) is -3.74. The number of pyridine rings is 1. The summed E-state index contributed by atoms with van der Waals surface area (Å²) in [5.74, 6) is 0.395. The first-order chi connectivity index (χ1) is 15.8. The Morgan fingerprint density at radius 2 is 1.97 bits per heavy atom. The molecule has 33 heavy (non-hydrogen) atoms. The number of ether oxygens (including phenoxy) is 1. The number of anilines is 2. The van der Waals surface area contributed by atoms with Crippen LogP contribution in [0.4, 0.5) is 11.4 Å². The zero-order valence-electron chi connectivity index (χ0n) is 18.5. The maximum absolute atomic E-state index is 12.9. The summed E-state index contributed by atoms with van der Waals surface area (Å²) in [5.41, 5.74) is 1.15. The fourth-order valence-electron chi connectivity index (χ4n) is 4.31. The summed E-state index contributed by atoms with van der Waals surface area (Å²) in [4.78, 5) is 30.0. The van der Waals surface area contributed by atoms with Gasteiger partial charge in [-0.15, -0.1) is 0 Å². The molecule has 1 aromatic carbocycles. The standard InChI is InChI=1S/C23H28N4O5S/c1-16(28)27-11-12-32-22-9-8-20(13-21(22)27)33(30,31)25-14-17-4-6-18(7-5-17)23(29)26-19-3-2-10-24-15-19/h2-3,8-10,13,15,17-18,25H,4-7,11-12,14H2,1H3,(H,26,29). The SMILES string of the molecule is CC(=O)N1CCOc2ccc(S(=O)(=O)NCC3CCC(C(=O)Nc4cccnc4)CC3)cc21. The van der Waals surface area contributed by atoms with Crippen LogP contribution in [0.2, 0.25) is 0 Å². The van der Waals surface area contributed by atoms with Crippen LogP contribution in [0.15, 0.2) is 47.6 Å². The number of hydrogen-bond donors (Lipinski definition) is 2. The van der Waals surface area contributed by atoms with Crippen molar-refractivity contribution in [3.63, 3.8) is 0 Å². The average Bonchev–Trinajstić information content (AvgIpc) is 2.83. The van der Waals surface area contributed by atoms with Gasteiger partial charge in [0.05, 0.1) is 29.0 Å². The van der Waals surface area contributed by atoms with Crippen molar-refractivity contribution in [3.05, 3.63) is 42.7 Å². The third-order valence-electron chi connectivity index (χ3n) is 6.19. The molecule has 1 aromatic heterocycles. The van der Waals surface area contributed by atoms with Crippen LogP contribution in [0, 0.1) is 11.8 Å². The molecule has 2 heterocycles. The van der Waals surface area contributed by atoms with Crippen molar-refractivity contribution >= 4 is 33.2 Å². The average molecular weight is 473 g/mol. The van der Waals surface area contributed by atoms with Gasteiger partial charge in [-0.3, -0.25) is 14.6 Å². The van der Waals surface area contributed by atoms with Crippen LogP contribution in [0.25, 0.3) is 0 Å². The van der Waals surface area contributed by atoms with Gasteiger partial charge in [-0.25, -0.2) is 13.1 Å². The summed E-state index contributed by atoms with van der Waals surface area (Å²) in [6, 6.07) is 8.13.